The molecule has 0 amide bonds. The van der Waals surface area contributed by atoms with Gasteiger partial charge >= 0.3 is 0 Å². The van der Waals surface area contributed by atoms with Gasteiger partial charge < -0.3 is 9.67 Å². The summed E-state index contributed by atoms with van der Waals surface area (Å²) < 4.78 is 29.0. The fourth-order valence-electron chi connectivity index (χ4n) is 4.55. The van der Waals surface area contributed by atoms with E-state index in [9.17, 15) is 13.5 Å². The molecule has 2 N–H and O–H groups in total. The van der Waals surface area contributed by atoms with Gasteiger partial charge in [-0.2, -0.15) is 0 Å². The molecule has 0 spiro atoms. The summed E-state index contributed by atoms with van der Waals surface area (Å²) in [5.41, 5.74) is 3.68. The van der Waals surface area contributed by atoms with Crippen LogP contribution in [0.25, 0.3) is 5.69 Å². The first kappa shape index (κ1) is 23.0. The smallest absolute Gasteiger partial charge is 0.213 e. The van der Waals surface area contributed by atoms with Gasteiger partial charge in [-0.1, -0.05) is 19.1 Å². The van der Waals surface area contributed by atoms with Crippen molar-refractivity contribution >= 4 is 10.0 Å². The number of benzene rings is 1. The second-order valence-corrected chi connectivity index (χ2v) is 11.6. The zero-order valence-corrected chi connectivity index (χ0v) is 19.7. The molecule has 0 bridgehead atoms. The molecule has 3 rings (SSSR count). The molecule has 0 radical (unpaired) electrons. The fraction of sp³-hybridized carbons (Fsp3) is 0.583. The number of sulfonamides is 1. The first-order valence-electron chi connectivity index (χ1n) is 11.0. The molecule has 1 aromatic heterocycles. The van der Waals surface area contributed by atoms with Crippen LogP contribution in [0.1, 0.15) is 63.4 Å². The van der Waals surface area contributed by atoms with E-state index >= 15 is 0 Å². The van der Waals surface area contributed by atoms with E-state index in [0.29, 0.717) is 25.3 Å². The van der Waals surface area contributed by atoms with Gasteiger partial charge in [-0.25, -0.2) is 13.1 Å². The number of nitrogens with one attached hydrogen (secondary N) is 1. The predicted octanol–water partition coefficient (Wildman–Crippen LogP) is 4.44. The maximum atomic E-state index is 12.0. The molecule has 1 aromatic carbocycles. The van der Waals surface area contributed by atoms with Crippen molar-refractivity contribution in [3.63, 3.8) is 0 Å². The van der Waals surface area contributed by atoms with E-state index in [1.54, 1.807) is 13.8 Å². The molecule has 5 nitrogen and oxygen atoms in total. The van der Waals surface area contributed by atoms with E-state index in [2.05, 4.69) is 66.5 Å². The highest BCUT2D eigenvalue weighted by molar-refractivity contribution is 7.90. The summed E-state index contributed by atoms with van der Waals surface area (Å²) in [7, 11) is -3.23. The van der Waals surface area contributed by atoms with Crippen LogP contribution in [0.2, 0.25) is 0 Å². The van der Waals surface area contributed by atoms with Crippen LogP contribution in [-0.4, -0.2) is 29.9 Å². The molecule has 166 valence electrons. The Morgan fingerprint density at radius 2 is 1.57 bits per heavy atom. The number of hydrogen-bond donors (Lipinski definition) is 2. The summed E-state index contributed by atoms with van der Waals surface area (Å²) >= 11 is 0. The second-order valence-electron chi connectivity index (χ2n) is 9.29. The predicted molar refractivity (Wildman–Crippen MR) is 122 cm³/mol. The zero-order chi connectivity index (χ0) is 22.1. The van der Waals surface area contributed by atoms with E-state index in [4.69, 9.17) is 0 Å². The monoisotopic (exact) mass is 432 g/mol. The van der Waals surface area contributed by atoms with Crippen LogP contribution in [0.5, 0.6) is 0 Å². The fourth-order valence-corrected chi connectivity index (χ4v) is 5.38. The molecule has 1 aliphatic rings. The Morgan fingerprint density at radius 3 is 2.07 bits per heavy atom. The lowest BCUT2D eigenvalue weighted by Crippen LogP contribution is -2.38. The molecular weight excluding hydrogens is 396 g/mol. The zero-order valence-electron chi connectivity index (χ0n) is 18.9. The number of aromatic nitrogens is 1. The van der Waals surface area contributed by atoms with E-state index in [-0.39, 0.29) is 5.92 Å². The summed E-state index contributed by atoms with van der Waals surface area (Å²) in [6, 6.07) is 12.5. The molecule has 0 aliphatic heterocycles. The first-order chi connectivity index (χ1) is 14.0. The highest BCUT2D eigenvalue weighted by atomic mass is 32.2. The Hall–Kier alpha value is -1.63. The number of hydrogen-bond acceptors (Lipinski definition) is 3. The van der Waals surface area contributed by atoms with E-state index in [0.717, 1.165) is 24.1 Å². The van der Waals surface area contributed by atoms with Crippen molar-refractivity contribution < 1.29 is 13.5 Å². The lowest BCUT2D eigenvalue weighted by Gasteiger charge is -2.38. The number of aliphatic hydroxyl groups is 1. The Morgan fingerprint density at radius 1 is 1.03 bits per heavy atom. The first-order valence-corrected chi connectivity index (χ1v) is 12.5. The summed E-state index contributed by atoms with van der Waals surface area (Å²) in [5, 5.41) is 10.9. The van der Waals surface area contributed by atoms with Crippen molar-refractivity contribution in [2.24, 2.45) is 11.8 Å². The van der Waals surface area contributed by atoms with E-state index in [1.807, 2.05) is 0 Å². The summed E-state index contributed by atoms with van der Waals surface area (Å²) in [6.45, 7) is 10.1. The van der Waals surface area contributed by atoms with Gasteiger partial charge in [0.25, 0.3) is 0 Å². The Bertz CT molecular complexity index is 933. The van der Waals surface area contributed by atoms with Crippen molar-refractivity contribution in [3.8, 4) is 5.69 Å². The highest BCUT2D eigenvalue weighted by Gasteiger charge is 2.36. The van der Waals surface area contributed by atoms with Crippen LogP contribution in [-0.2, 0) is 15.6 Å². The van der Waals surface area contributed by atoms with Gasteiger partial charge in [-0.05, 0) is 95.0 Å². The Labute approximate surface area is 181 Å². The average Bonchev–Trinajstić information content (AvgIpc) is 3.05. The third-order valence-electron chi connectivity index (χ3n) is 6.82. The minimum Gasteiger partial charge on any atom is -0.385 e. The van der Waals surface area contributed by atoms with Crippen LogP contribution in [0.15, 0.2) is 36.4 Å². The van der Waals surface area contributed by atoms with Crippen molar-refractivity contribution in [2.75, 3.05) is 6.54 Å². The molecule has 30 heavy (non-hydrogen) atoms. The molecule has 1 atom stereocenters. The SMILES string of the molecule is Cc1ccc(C)n1-c1ccc(C2(O)CCC(C(C)CNS(=O)(=O)C(C)C)CC2)cc1. The molecule has 1 fully saturated rings. The van der Waals surface area contributed by atoms with Crippen molar-refractivity contribution in [1.82, 2.24) is 9.29 Å². The van der Waals surface area contributed by atoms with Gasteiger partial charge in [0, 0.05) is 23.6 Å². The van der Waals surface area contributed by atoms with Crippen LogP contribution >= 0.6 is 0 Å². The summed E-state index contributed by atoms with van der Waals surface area (Å²) in [6.07, 6.45) is 3.22. The number of aryl methyl sites for hydroxylation is 2. The van der Waals surface area contributed by atoms with Crippen LogP contribution in [0.4, 0.5) is 0 Å². The van der Waals surface area contributed by atoms with Gasteiger partial charge in [0.1, 0.15) is 0 Å². The van der Waals surface area contributed by atoms with Crippen LogP contribution in [0, 0.1) is 25.7 Å². The van der Waals surface area contributed by atoms with Crippen molar-refractivity contribution in [1.29, 1.82) is 0 Å². The largest absolute Gasteiger partial charge is 0.385 e. The van der Waals surface area contributed by atoms with E-state index < -0.39 is 20.9 Å². The molecule has 6 heteroatoms. The van der Waals surface area contributed by atoms with Crippen LogP contribution < -0.4 is 4.72 Å². The quantitative estimate of drug-likeness (QED) is 0.680. The number of nitrogens with zero attached hydrogens (tertiary/aromatic N) is 1. The average molecular weight is 433 g/mol. The van der Waals surface area contributed by atoms with Gasteiger partial charge in [-0.15, -0.1) is 0 Å². The molecule has 1 heterocycles. The maximum Gasteiger partial charge on any atom is 0.213 e. The van der Waals surface area contributed by atoms with Crippen molar-refractivity contribution in [2.45, 2.75) is 71.2 Å². The highest BCUT2D eigenvalue weighted by Crippen LogP contribution is 2.42. The third kappa shape index (κ3) is 4.82. The number of rotatable bonds is 7. The van der Waals surface area contributed by atoms with E-state index in [1.165, 1.54) is 11.4 Å². The molecule has 1 unspecified atom stereocenters. The van der Waals surface area contributed by atoms with Gasteiger partial charge in [0.2, 0.25) is 10.0 Å². The summed E-state index contributed by atoms with van der Waals surface area (Å²) in [4.78, 5) is 0. The molecular formula is C24H36N2O3S. The van der Waals surface area contributed by atoms with Crippen molar-refractivity contribution in [3.05, 3.63) is 53.3 Å². The normalized spacial score (nSPS) is 23.6. The minimum absolute atomic E-state index is 0.255. The Kier molecular flexibility index (Phi) is 6.80. The standard InChI is InChI=1S/C24H36N2O3S/c1-17(2)30(28,29)25-16-18(3)21-12-14-24(27,15-13-21)22-8-10-23(11-9-22)26-19(4)6-7-20(26)5/h6-11,17-18,21,25,27H,12-16H2,1-5H3. The Balaban J connectivity index is 1.62. The third-order valence-corrected chi connectivity index (χ3v) is 8.63. The van der Waals surface area contributed by atoms with Gasteiger partial charge in [-0.3, -0.25) is 0 Å². The second kappa shape index (κ2) is 8.85. The lowest BCUT2D eigenvalue weighted by molar-refractivity contribution is -0.0207. The maximum absolute atomic E-state index is 12.0. The molecule has 2 aromatic rings. The lowest BCUT2D eigenvalue weighted by atomic mass is 9.71. The minimum atomic E-state index is -3.23. The topological polar surface area (TPSA) is 71.3 Å². The van der Waals surface area contributed by atoms with Gasteiger partial charge in [0.05, 0.1) is 10.9 Å². The molecule has 1 aliphatic carbocycles. The van der Waals surface area contributed by atoms with Crippen LogP contribution in [0.3, 0.4) is 0 Å². The molecule has 0 saturated heterocycles. The van der Waals surface area contributed by atoms with Gasteiger partial charge in [0.15, 0.2) is 0 Å². The molecule has 1 saturated carbocycles. The summed E-state index contributed by atoms with van der Waals surface area (Å²) in [5.74, 6) is 0.676.